The van der Waals surface area contributed by atoms with Gasteiger partial charge in [-0.1, -0.05) is 12.1 Å². The highest BCUT2D eigenvalue weighted by molar-refractivity contribution is 5.64. The SMILES string of the molecule is Cc1ccc(-c2[nH]ncc2CCN)cc1C. The molecule has 84 valence electrons. The summed E-state index contributed by atoms with van der Waals surface area (Å²) in [7, 11) is 0. The zero-order chi connectivity index (χ0) is 11.5. The van der Waals surface area contributed by atoms with Gasteiger partial charge in [0.2, 0.25) is 0 Å². The van der Waals surface area contributed by atoms with Gasteiger partial charge in [-0.2, -0.15) is 5.10 Å². The van der Waals surface area contributed by atoms with E-state index in [2.05, 4.69) is 42.2 Å². The van der Waals surface area contributed by atoms with Crippen molar-refractivity contribution in [1.82, 2.24) is 10.2 Å². The second-order valence-corrected chi connectivity index (χ2v) is 4.11. The van der Waals surface area contributed by atoms with Crippen molar-refractivity contribution in [2.45, 2.75) is 20.3 Å². The van der Waals surface area contributed by atoms with Gasteiger partial charge >= 0.3 is 0 Å². The molecule has 16 heavy (non-hydrogen) atoms. The lowest BCUT2D eigenvalue weighted by Crippen LogP contribution is -2.02. The number of aryl methyl sites for hydroxylation is 2. The Balaban J connectivity index is 2.42. The zero-order valence-electron chi connectivity index (χ0n) is 9.75. The molecule has 0 radical (unpaired) electrons. The monoisotopic (exact) mass is 215 g/mol. The Bertz CT molecular complexity index is 486. The van der Waals surface area contributed by atoms with Crippen molar-refractivity contribution in [2.24, 2.45) is 5.73 Å². The first-order valence-corrected chi connectivity index (χ1v) is 5.52. The maximum Gasteiger partial charge on any atom is 0.0682 e. The van der Waals surface area contributed by atoms with E-state index in [0.717, 1.165) is 12.1 Å². The van der Waals surface area contributed by atoms with E-state index < -0.39 is 0 Å². The summed E-state index contributed by atoms with van der Waals surface area (Å²) in [6, 6.07) is 6.44. The first-order chi connectivity index (χ1) is 7.72. The number of rotatable bonds is 3. The molecule has 0 spiro atoms. The number of H-pyrrole nitrogens is 1. The third kappa shape index (κ3) is 1.99. The lowest BCUT2D eigenvalue weighted by atomic mass is 10.0. The molecule has 0 bridgehead atoms. The average Bonchev–Trinajstić information content (AvgIpc) is 2.71. The minimum Gasteiger partial charge on any atom is -0.330 e. The second-order valence-electron chi connectivity index (χ2n) is 4.11. The van der Waals surface area contributed by atoms with E-state index in [1.54, 1.807) is 0 Å². The number of aromatic nitrogens is 2. The Hall–Kier alpha value is -1.61. The quantitative estimate of drug-likeness (QED) is 0.824. The minimum absolute atomic E-state index is 0.650. The number of aromatic amines is 1. The van der Waals surface area contributed by atoms with Crippen LogP contribution < -0.4 is 5.73 Å². The molecule has 0 saturated carbocycles. The molecular formula is C13H17N3. The first kappa shape index (κ1) is 10.9. The van der Waals surface area contributed by atoms with Gasteiger partial charge in [-0.25, -0.2) is 0 Å². The zero-order valence-corrected chi connectivity index (χ0v) is 9.75. The van der Waals surface area contributed by atoms with Gasteiger partial charge in [0.1, 0.15) is 0 Å². The molecule has 0 amide bonds. The van der Waals surface area contributed by atoms with E-state index in [4.69, 9.17) is 5.73 Å². The van der Waals surface area contributed by atoms with Gasteiger partial charge in [0.25, 0.3) is 0 Å². The molecule has 1 heterocycles. The van der Waals surface area contributed by atoms with Crippen molar-refractivity contribution < 1.29 is 0 Å². The van der Waals surface area contributed by atoms with E-state index in [0.29, 0.717) is 6.54 Å². The maximum atomic E-state index is 5.58. The Morgan fingerprint density at radius 2 is 2.06 bits per heavy atom. The van der Waals surface area contributed by atoms with Crippen LogP contribution in [-0.2, 0) is 6.42 Å². The topological polar surface area (TPSA) is 54.7 Å². The smallest absolute Gasteiger partial charge is 0.0682 e. The van der Waals surface area contributed by atoms with Gasteiger partial charge in [-0.05, 0) is 49.6 Å². The van der Waals surface area contributed by atoms with Gasteiger partial charge < -0.3 is 5.73 Å². The summed E-state index contributed by atoms with van der Waals surface area (Å²) in [4.78, 5) is 0. The van der Waals surface area contributed by atoms with Gasteiger partial charge in [0.05, 0.1) is 11.9 Å². The lowest BCUT2D eigenvalue weighted by molar-refractivity contribution is 0.971. The standard InChI is InChI=1S/C13H17N3/c1-9-3-4-11(7-10(9)2)13-12(5-6-14)8-15-16-13/h3-4,7-8H,5-6,14H2,1-2H3,(H,15,16). The van der Waals surface area contributed by atoms with E-state index in [1.807, 2.05) is 6.20 Å². The summed E-state index contributed by atoms with van der Waals surface area (Å²) in [5.74, 6) is 0. The summed E-state index contributed by atoms with van der Waals surface area (Å²) >= 11 is 0. The van der Waals surface area contributed by atoms with Crippen LogP contribution in [-0.4, -0.2) is 16.7 Å². The highest BCUT2D eigenvalue weighted by atomic mass is 15.1. The molecule has 1 aromatic heterocycles. The van der Waals surface area contributed by atoms with E-state index >= 15 is 0 Å². The molecule has 2 aromatic rings. The van der Waals surface area contributed by atoms with Gasteiger partial charge in [0, 0.05) is 5.56 Å². The summed E-state index contributed by atoms with van der Waals surface area (Å²) < 4.78 is 0. The maximum absolute atomic E-state index is 5.58. The highest BCUT2D eigenvalue weighted by Gasteiger charge is 2.07. The Morgan fingerprint density at radius 3 is 2.75 bits per heavy atom. The largest absolute Gasteiger partial charge is 0.330 e. The molecule has 3 nitrogen and oxygen atoms in total. The summed E-state index contributed by atoms with van der Waals surface area (Å²) in [6.45, 7) is 4.89. The van der Waals surface area contributed by atoms with Crippen molar-refractivity contribution in [2.75, 3.05) is 6.54 Å². The molecule has 3 N–H and O–H groups in total. The van der Waals surface area contributed by atoms with Crippen molar-refractivity contribution in [1.29, 1.82) is 0 Å². The van der Waals surface area contributed by atoms with E-state index in [9.17, 15) is 0 Å². The van der Waals surface area contributed by atoms with Gasteiger partial charge in [0.15, 0.2) is 0 Å². The average molecular weight is 215 g/mol. The third-order valence-electron chi connectivity index (χ3n) is 2.93. The van der Waals surface area contributed by atoms with Crippen LogP contribution in [0, 0.1) is 13.8 Å². The molecule has 0 aliphatic heterocycles. The van der Waals surface area contributed by atoms with Crippen LogP contribution in [0.1, 0.15) is 16.7 Å². The van der Waals surface area contributed by atoms with Crippen molar-refractivity contribution in [3.05, 3.63) is 41.1 Å². The molecule has 0 saturated heterocycles. The fraction of sp³-hybridized carbons (Fsp3) is 0.308. The Kier molecular flexibility index (Phi) is 3.06. The van der Waals surface area contributed by atoms with E-state index in [-0.39, 0.29) is 0 Å². The van der Waals surface area contributed by atoms with Crippen molar-refractivity contribution >= 4 is 0 Å². The molecule has 0 unspecified atom stereocenters. The molecule has 1 aromatic carbocycles. The summed E-state index contributed by atoms with van der Waals surface area (Å²) in [5.41, 5.74) is 11.6. The molecule has 3 heteroatoms. The normalized spacial score (nSPS) is 10.7. The van der Waals surface area contributed by atoms with Crippen molar-refractivity contribution in [3.63, 3.8) is 0 Å². The fourth-order valence-electron chi connectivity index (χ4n) is 1.80. The lowest BCUT2D eigenvalue weighted by Gasteiger charge is -2.05. The number of hydrogen-bond donors (Lipinski definition) is 2. The number of nitrogens with one attached hydrogen (secondary N) is 1. The molecule has 2 rings (SSSR count). The van der Waals surface area contributed by atoms with Crippen LogP contribution in [0.2, 0.25) is 0 Å². The molecule has 0 aliphatic carbocycles. The van der Waals surface area contributed by atoms with Crippen LogP contribution >= 0.6 is 0 Å². The second kappa shape index (κ2) is 4.49. The highest BCUT2D eigenvalue weighted by Crippen LogP contribution is 2.23. The van der Waals surface area contributed by atoms with Crippen LogP contribution in [0.5, 0.6) is 0 Å². The van der Waals surface area contributed by atoms with E-state index in [1.165, 1.54) is 22.3 Å². The predicted octanol–water partition coefficient (Wildman–Crippen LogP) is 2.19. The number of hydrogen-bond acceptors (Lipinski definition) is 2. The molecule has 0 aliphatic rings. The van der Waals surface area contributed by atoms with Crippen LogP contribution in [0.15, 0.2) is 24.4 Å². The van der Waals surface area contributed by atoms with Crippen LogP contribution in [0.3, 0.4) is 0 Å². The molecular weight excluding hydrogens is 198 g/mol. The summed E-state index contributed by atoms with van der Waals surface area (Å²) in [6.07, 6.45) is 2.72. The molecule has 0 atom stereocenters. The first-order valence-electron chi connectivity index (χ1n) is 5.52. The number of nitrogens with two attached hydrogens (primary N) is 1. The fourth-order valence-corrected chi connectivity index (χ4v) is 1.80. The summed E-state index contributed by atoms with van der Waals surface area (Å²) in [5, 5.41) is 7.14. The van der Waals surface area contributed by atoms with Gasteiger partial charge in [-0.15, -0.1) is 0 Å². The Labute approximate surface area is 95.7 Å². The number of nitrogens with zero attached hydrogens (tertiary/aromatic N) is 1. The Morgan fingerprint density at radius 1 is 1.25 bits per heavy atom. The van der Waals surface area contributed by atoms with Crippen molar-refractivity contribution in [3.8, 4) is 11.3 Å². The van der Waals surface area contributed by atoms with Crippen LogP contribution in [0.4, 0.5) is 0 Å². The third-order valence-corrected chi connectivity index (χ3v) is 2.93. The van der Waals surface area contributed by atoms with Crippen LogP contribution in [0.25, 0.3) is 11.3 Å². The number of benzene rings is 1. The predicted molar refractivity (Wildman–Crippen MR) is 66.3 cm³/mol. The minimum atomic E-state index is 0.650. The van der Waals surface area contributed by atoms with Gasteiger partial charge in [-0.3, -0.25) is 5.10 Å². The molecule has 0 fully saturated rings.